The highest BCUT2D eigenvalue weighted by Gasteiger charge is 2.17. The molecule has 1 aliphatic rings. The van der Waals surface area contributed by atoms with Gasteiger partial charge in [0.15, 0.2) is 0 Å². The summed E-state index contributed by atoms with van der Waals surface area (Å²) in [4.78, 5) is 14.9. The molecule has 1 atom stereocenters. The molecule has 29 heavy (non-hydrogen) atoms. The number of anilines is 2. The second kappa shape index (κ2) is 10.2. The number of rotatable bonds is 10. The minimum Gasteiger partial charge on any atom is -0.497 e. The third-order valence-electron chi connectivity index (χ3n) is 5.25. The second-order valence-electron chi connectivity index (χ2n) is 7.39. The molecule has 1 amide bonds. The standard InChI is InChI=1S/C23H31N3O3/c1-17(15-23(27)25-20-16-19(28-2)9-10-22(20)29-3)24-12-6-13-26-14-11-18-7-4-5-8-21(18)26/h4-5,7-10,16-17,24H,6,11-15H2,1-3H3,(H,25,27). The van der Waals surface area contributed by atoms with Crippen molar-refractivity contribution < 1.29 is 14.3 Å². The average molecular weight is 398 g/mol. The molecule has 0 fully saturated rings. The lowest BCUT2D eigenvalue weighted by atomic mass is 10.2. The molecular formula is C23H31N3O3. The number of nitrogens with zero attached hydrogens (tertiary/aromatic N) is 1. The van der Waals surface area contributed by atoms with Crippen molar-refractivity contribution >= 4 is 17.3 Å². The fraction of sp³-hybridized carbons (Fsp3) is 0.435. The van der Waals surface area contributed by atoms with Gasteiger partial charge in [-0.15, -0.1) is 0 Å². The SMILES string of the molecule is COc1ccc(OC)c(NC(=O)CC(C)NCCCN2CCc3ccccc32)c1. The zero-order valence-electron chi connectivity index (χ0n) is 17.5. The van der Waals surface area contributed by atoms with Gasteiger partial charge in [-0.2, -0.15) is 0 Å². The van der Waals surface area contributed by atoms with E-state index in [1.807, 2.05) is 6.92 Å². The molecule has 0 aromatic heterocycles. The van der Waals surface area contributed by atoms with Crippen molar-refractivity contribution in [1.82, 2.24) is 5.32 Å². The van der Waals surface area contributed by atoms with Gasteiger partial charge < -0.3 is 25.0 Å². The number of amides is 1. The Bertz CT molecular complexity index is 825. The van der Waals surface area contributed by atoms with E-state index in [-0.39, 0.29) is 11.9 Å². The first-order valence-electron chi connectivity index (χ1n) is 10.2. The third kappa shape index (κ3) is 5.64. The van der Waals surface area contributed by atoms with Gasteiger partial charge in [-0.25, -0.2) is 0 Å². The van der Waals surface area contributed by atoms with Crippen molar-refractivity contribution in [2.75, 3.05) is 44.1 Å². The number of ether oxygens (including phenoxy) is 2. The second-order valence-corrected chi connectivity index (χ2v) is 7.39. The highest BCUT2D eigenvalue weighted by atomic mass is 16.5. The van der Waals surface area contributed by atoms with Crippen molar-refractivity contribution in [3.8, 4) is 11.5 Å². The summed E-state index contributed by atoms with van der Waals surface area (Å²) in [7, 11) is 3.18. The van der Waals surface area contributed by atoms with Gasteiger partial charge in [0, 0.05) is 37.3 Å². The average Bonchev–Trinajstić information content (AvgIpc) is 3.14. The van der Waals surface area contributed by atoms with E-state index in [4.69, 9.17) is 9.47 Å². The lowest BCUT2D eigenvalue weighted by Crippen LogP contribution is -2.33. The quantitative estimate of drug-likeness (QED) is 0.601. The van der Waals surface area contributed by atoms with E-state index in [0.29, 0.717) is 23.6 Å². The molecule has 0 bridgehead atoms. The molecule has 6 nitrogen and oxygen atoms in total. The molecule has 0 radical (unpaired) electrons. The van der Waals surface area contributed by atoms with Crippen LogP contribution < -0.4 is 25.0 Å². The fourth-order valence-corrected chi connectivity index (χ4v) is 3.72. The number of nitrogens with one attached hydrogen (secondary N) is 2. The highest BCUT2D eigenvalue weighted by molar-refractivity contribution is 5.92. The smallest absolute Gasteiger partial charge is 0.226 e. The van der Waals surface area contributed by atoms with E-state index < -0.39 is 0 Å². The van der Waals surface area contributed by atoms with Crippen LogP contribution in [0.5, 0.6) is 11.5 Å². The van der Waals surface area contributed by atoms with Gasteiger partial charge in [0.25, 0.3) is 0 Å². The summed E-state index contributed by atoms with van der Waals surface area (Å²) >= 11 is 0. The van der Waals surface area contributed by atoms with Gasteiger partial charge >= 0.3 is 0 Å². The molecule has 1 aliphatic heterocycles. The van der Waals surface area contributed by atoms with Crippen LogP contribution in [-0.2, 0) is 11.2 Å². The molecule has 0 saturated carbocycles. The van der Waals surface area contributed by atoms with Crippen LogP contribution in [-0.4, -0.2) is 45.8 Å². The van der Waals surface area contributed by atoms with Crippen LogP contribution in [0, 0.1) is 0 Å². The van der Waals surface area contributed by atoms with E-state index in [9.17, 15) is 4.79 Å². The summed E-state index contributed by atoms with van der Waals surface area (Å²) in [6, 6.07) is 14.1. The van der Waals surface area contributed by atoms with Gasteiger partial charge in [0.05, 0.1) is 19.9 Å². The van der Waals surface area contributed by atoms with E-state index in [0.717, 1.165) is 32.5 Å². The summed E-state index contributed by atoms with van der Waals surface area (Å²) in [5, 5.41) is 6.38. The minimum atomic E-state index is -0.0509. The van der Waals surface area contributed by atoms with E-state index in [1.165, 1.54) is 11.3 Å². The Morgan fingerprint density at radius 2 is 2.00 bits per heavy atom. The number of hydrogen-bond donors (Lipinski definition) is 2. The number of methoxy groups -OCH3 is 2. The first kappa shape index (κ1) is 21.0. The van der Waals surface area contributed by atoms with E-state index in [2.05, 4.69) is 39.8 Å². The summed E-state index contributed by atoms with van der Waals surface area (Å²) in [5.41, 5.74) is 3.43. The van der Waals surface area contributed by atoms with Crippen LogP contribution in [0.25, 0.3) is 0 Å². The molecule has 2 aromatic carbocycles. The molecule has 2 N–H and O–H groups in total. The summed E-state index contributed by atoms with van der Waals surface area (Å²) in [6.07, 6.45) is 2.57. The molecule has 0 spiro atoms. The maximum absolute atomic E-state index is 12.4. The monoisotopic (exact) mass is 397 g/mol. The van der Waals surface area contributed by atoms with Gasteiger partial charge in [-0.3, -0.25) is 4.79 Å². The summed E-state index contributed by atoms with van der Waals surface area (Å²) < 4.78 is 10.5. The number of hydrogen-bond acceptors (Lipinski definition) is 5. The number of carbonyl (C=O) groups is 1. The molecule has 3 rings (SSSR count). The topological polar surface area (TPSA) is 62.8 Å². The number of para-hydroxylation sites is 1. The molecule has 1 heterocycles. The Kier molecular flexibility index (Phi) is 7.36. The summed E-state index contributed by atoms with van der Waals surface area (Å²) in [6.45, 7) is 5.05. The van der Waals surface area contributed by atoms with Crippen LogP contribution in [0.4, 0.5) is 11.4 Å². The maximum Gasteiger partial charge on any atom is 0.226 e. The van der Waals surface area contributed by atoms with Gasteiger partial charge in [0.1, 0.15) is 11.5 Å². The van der Waals surface area contributed by atoms with Crippen LogP contribution in [0.1, 0.15) is 25.3 Å². The Morgan fingerprint density at radius 1 is 1.17 bits per heavy atom. The summed E-state index contributed by atoms with van der Waals surface area (Å²) in [5.74, 6) is 1.24. The van der Waals surface area contributed by atoms with Crippen LogP contribution in [0.2, 0.25) is 0 Å². The van der Waals surface area contributed by atoms with Gasteiger partial charge in [-0.05, 0) is 50.1 Å². The Morgan fingerprint density at radius 3 is 2.79 bits per heavy atom. The Labute approximate surface area is 173 Å². The number of carbonyl (C=O) groups excluding carboxylic acids is 1. The fourth-order valence-electron chi connectivity index (χ4n) is 3.72. The van der Waals surface area contributed by atoms with Crippen molar-refractivity contribution in [2.45, 2.75) is 32.2 Å². The molecule has 156 valence electrons. The van der Waals surface area contributed by atoms with Crippen molar-refractivity contribution in [3.05, 3.63) is 48.0 Å². The zero-order chi connectivity index (χ0) is 20.6. The molecule has 1 unspecified atom stereocenters. The first-order valence-corrected chi connectivity index (χ1v) is 10.2. The predicted octanol–water partition coefficient (Wildman–Crippen LogP) is 3.46. The largest absolute Gasteiger partial charge is 0.497 e. The lowest BCUT2D eigenvalue weighted by Gasteiger charge is -2.20. The molecule has 0 saturated heterocycles. The molecule has 6 heteroatoms. The van der Waals surface area contributed by atoms with Crippen molar-refractivity contribution in [2.24, 2.45) is 0 Å². The molecular weight excluding hydrogens is 366 g/mol. The van der Waals surface area contributed by atoms with Gasteiger partial charge in [-0.1, -0.05) is 18.2 Å². The maximum atomic E-state index is 12.4. The lowest BCUT2D eigenvalue weighted by molar-refractivity contribution is -0.116. The van der Waals surface area contributed by atoms with E-state index >= 15 is 0 Å². The Hall–Kier alpha value is -2.73. The zero-order valence-corrected chi connectivity index (χ0v) is 17.5. The first-order chi connectivity index (χ1) is 14.1. The normalized spacial score (nSPS) is 13.7. The third-order valence-corrected chi connectivity index (χ3v) is 5.25. The van der Waals surface area contributed by atoms with Crippen molar-refractivity contribution in [1.29, 1.82) is 0 Å². The molecule has 0 aliphatic carbocycles. The number of benzene rings is 2. The van der Waals surface area contributed by atoms with Crippen molar-refractivity contribution in [3.63, 3.8) is 0 Å². The van der Waals surface area contributed by atoms with E-state index in [1.54, 1.807) is 32.4 Å². The number of fused-ring (bicyclic) bond motifs is 1. The Balaban J connectivity index is 1.40. The highest BCUT2D eigenvalue weighted by Crippen LogP contribution is 2.29. The van der Waals surface area contributed by atoms with Crippen LogP contribution in [0.15, 0.2) is 42.5 Å². The predicted molar refractivity (Wildman–Crippen MR) is 117 cm³/mol. The minimum absolute atomic E-state index is 0.0509. The van der Waals surface area contributed by atoms with Gasteiger partial charge in [0.2, 0.25) is 5.91 Å². The van der Waals surface area contributed by atoms with Crippen LogP contribution >= 0.6 is 0 Å². The van der Waals surface area contributed by atoms with Crippen LogP contribution in [0.3, 0.4) is 0 Å². The molecule has 2 aromatic rings.